The van der Waals surface area contributed by atoms with E-state index in [2.05, 4.69) is 33.1 Å². The quantitative estimate of drug-likeness (QED) is 0.684. The van der Waals surface area contributed by atoms with E-state index in [0.29, 0.717) is 12.0 Å². The third-order valence-corrected chi connectivity index (χ3v) is 7.01. The molecule has 0 N–H and O–H groups in total. The molecule has 0 radical (unpaired) electrons. The number of thiazole rings is 1. The predicted octanol–water partition coefficient (Wildman–Crippen LogP) is 4.43. The molecular formula is C20H21FN4S. The second kappa shape index (κ2) is 6.67. The van der Waals surface area contributed by atoms with E-state index < -0.39 is 0 Å². The summed E-state index contributed by atoms with van der Waals surface area (Å²) in [4.78, 5) is 15.5. The molecule has 2 aliphatic rings. The van der Waals surface area contributed by atoms with Gasteiger partial charge in [-0.2, -0.15) is 0 Å². The number of nitrogens with zero attached hydrogens (tertiary/aromatic N) is 4. The van der Waals surface area contributed by atoms with Crippen molar-refractivity contribution in [2.24, 2.45) is 0 Å². The predicted molar refractivity (Wildman–Crippen MR) is 102 cm³/mol. The Bertz CT molecular complexity index is 907. The van der Waals surface area contributed by atoms with Gasteiger partial charge in [0.1, 0.15) is 13.0 Å². The number of hydrogen-bond acceptors (Lipinski definition) is 5. The molecule has 1 aliphatic carbocycles. The van der Waals surface area contributed by atoms with Crippen LogP contribution in [0.3, 0.4) is 0 Å². The molecule has 0 bridgehead atoms. The summed E-state index contributed by atoms with van der Waals surface area (Å²) in [6.45, 7) is 0.864. The first-order valence-electron chi connectivity index (χ1n) is 9.29. The van der Waals surface area contributed by atoms with Gasteiger partial charge in [-0.15, -0.1) is 11.3 Å². The van der Waals surface area contributed by atoms with Crippen LogP contribution in [0, 0.1) is 0 Å². The molecule has 6 heteroatoms. The fourth-order valence-corrected chi connectivity index (χ4v) is 5.44. The Hall–Kier alpha value is -1.92. The Kier molecular flexibility index (Phi) is 4.17. The lowest BCUT2D eigenvalue weighted by molar-refractivity contribution is 0.0845. The molecule has 1 saturated heterocycles. The molecule has 1 aromatic carbocycles. The van der Waals surface area contributed by atoms with Gasteiger partial charge < -0.3 is 0 Å². The summed E-state index contributed by atoms with van der Waals surface area (Å²) in [6, 6.07) is 7.07. The number of likely N-dealkylation sites (tertiary alicyclic amines) is 1. The van der Waals surface area contributed by atoms with Crippen LogP contribution >= 0.6 is 11.3 Å². The normalized spacial score (nSPS) is 26.3. The van der Waals surface area contributed by atoms with Gasteiger partial charge in [-0.1, -0.05) is 6.07 Å². The van der Waals surface area contributed by atoms with Gasteiger partial charge in [0.15, 0.2) is 0 Å². The molecule has 0 unspecified atom stereocenters. The lowest BCUT2D eigenvalue weighted by Gasteiger charge is -2.42. The van der Waals surface area contributed by atoms with Crippen LogP contribution in [0.25, 0.3) is 21.3 Å². The second-order valence-corrected chi connectivity index (χ2v) is 8.43. The van der Waals surface area contributed by atoms with Crippen LogP contribution in [0.5, 0.6) is 0 Å². The van der Waals surface area contributed by atoms with Crippen LogP contribution in [-0.2, 0) is 0 Å². The Morgan fingerprint density at radius 3 is 2.81 bits per heavy atom. The minimum atomic E-state index is -0.200. The monoisotopic (exact) mass is 367 g/mol. The van der Waals surface area contributed by atoms with Crippen LogP contribution in [0.2, 0.25) is 0 Å². The zero-order valence-corrected chi connectivity index (χ0v) is 15.3. The molecule has 2 aromatic heterocycles. The van der Waals surface area contributed by atoms with Crippen molar-refractivity contribution in [1.29, 1.82) is 0 Å². The molecule has 1 aliphatic heterocycles. The van der Waals surface area contributed by atoms with E-state index in [4.69, 9.17) is 4.98 Å². The zero-order valence-electron chi connectivity index (χ0n) is 14.5. The summed E-state index contributed by atoms with van der Waals surface area (Å²) in [5.41, 5.74) is 3.22. The van der Waals surface area contributed by atoms with Crippen LogP contribution < -0.4 is 0 Å². The molecule has 1 saturated carbocycles. The summed E-state index contributed by atoms with van der Waals surface area (Å²) in [5.74, 6) is 0.529. The highest BCUT2D eigenvalue weighted by atomic mass is 32.1. The van der Waals surface area contributed by atoms with Gasteiger partial charge in [0.05, 0.1) is 15.2 Å². The highest BCUT2D eigenvalue weighted by Gasteiger charge is 2.40. The highest BCUT2D eigenvalue weighted by Crippen LogP contribution is 2.44. The number of halogens is 1. The molecule has 3 heterocycles. The molecule has 3 aromatic rings. The van der Waals surface area contributed by atoms with Crippen LogP contribution in [0.1, 0.15) is 36.6 Å². The van der Waals surface area contributed by atoms with Crippen molar-refractivity contribution in [2.75, 3.05) is 13.2 Å². The van der Waals surface area contributed by atoms with Gasteiger partial charge in [0.2, 0.25) is 0 Å². The van der Waals surface area contributed by atoms with Crippen LogP contribution in [0.15, 0.2) is 36.9 Å². The molecule has 2 fully saturated rings. The summed E-state index contributed by atoms with van der Waals surface area (Å²) < 4.78 is 14.4. The maximum absolute atomic E-state index is 13.1. The Labute approximate surface area is 156 Å². The number of benzene rings is 1. The summed E-state index contributed by atoms with van der Waals surface area (Å²) in [6.07, 6.45) is 9.63. The van der Waals surface area contributed by atoms with E-state index in [1.165, 1.54) is 9.71 Å². The average Bonchev–Trinajstić information content (AvgIpc) is 3.27. The third-order valence-electron chi connectivity index (χ3n) is 5.83. The Balaban J connectivity index is 1.33. The molecule has 4 nitrogen and oxygen atoms in total. The number of aromatic nitrogens is 3. The first kappa shape index (κ1) is 16.3. The van der Waals surface area contributed by atoms with Gasteiger partial charge in [0.25, 0.3) is 0 Å². The van der Waals surface area contributed by atoms with E-state index in [0.717, 1.165) is 48.9 Å². The average molecular weight is 367 g/mol. The van der Waals surface area contributed by atoms with Gasteiger partial charge in [0, 0.05) is 36.0 Å². The number of alkyl halides is 1. The van der Waals surface area contributed by atoms with Crippen molar-refractivity contribution in [1.82, 2.24) is 19.9 Å². The maximum atomic E-state index is 13.1. The summed E-state index contributed by atoms with van der Waals surface area (Å²) >= 11 is 1.80. The van der Waals surface area contributed by atoms with Gasteiger partial charge in [-0.05, 0) is 49.9 Å². The Morgan fingerprint density at radius 2 is 2.00 bits per heavy atom. The van der Waals surface area contributed by atoms with Crippen molar-refractivity contribution in [3.05, 3.63) is 41.9 Å². The van der Waals surface area contributed by atoms with Crippen molar-refractivity contribution in [3.8, 4) is 11.1 Å². The molecule has 1 atom stereocenters. The maximum Gasteiger partial charge on any atom is 0.115 e. The fraction of sp³-hybridized carbons (Fsp3) is 0.450. The fourth-order valence-electron chi connectivity index (χ4n) is 4.31. The molecule has 0 amide bonds. The van der Waals surface area contributed by atoms with Crippen LogP contribution in [-0.4, -0.2) is 45.2 Å². The topological polar surface area (TPSA) is 41.9 Å². The first-order chi connectivity index (χ1) is 12.8. The number of hydrogen-bond donors (Lipinski definition) is 0. The number of rotatable bonds is 4. The zero-order chi connectivity index (χ0) is 17.5. The van der Waals surface area contributed by atoms with Gasteiger partial charge >= 0.3 is 0 Å². The third kappa shape index (κ3) is 2.81. The lowest BCUT2D eigenvalue weighted by atomic mass is 9.79. The van der Waals surface area contributed by atoms with E-state index >= 15 is 0 Å². The molecular weight excluding hydrogens is 346 g/mol. The first-order valence-corrected chi connectivity index (χ1v) is 10.1. The Morgan fingerprint density at radius 1 is 1.15 bits per heavy atom. The minimum absolute atomic E-state index is 0.159. The summed E-state index contributed by atoms with van der Waals surface area (Å²) in [5, 5.41) is 1.23. The van der Waals surface area contributed by atoms with E-state index in [9.17, 15) is 4.39 Å². The minimum Gasteiger partial charge on any atom is -0.295 e. The van der Waals surface area contributed by atoms with Crippen molar-refractivity contribution in [2.45, 2.75) is 43.7 Å². The second-order valence-electron chi connectivity index (χ2n) is 7.37. The van der Waals surface area contributed by atoms with Gasteiger partial charge in [-0.3, -0.25) is 4.90 Å². The molecule has 0 spiro atoms. The van der Waals surface area contributed by atoms with Crippen LogP contribution in [0.4, 0.5) is 4.39 Å². The molecule has 26 heavy (non-hydrogen) atoms. The van der Waals surface area contributed by atoms with E-state index in [1.54, 1.807) is 17.7 Å². The number of fused-ring (bicyclic) bond motifs is 1. The van der Waals surface area contributed by atoms with Gasteiger partial charge in [-0.25, -0.2) is 19.3 Å². The van der Waals surface area contributed by atoms with Crippen molar-refractivity contribution < 1.29 is 4.39 Å². The largest absolute Gasteiger partial charge is 0.295 e. The standard InChI is InChI=1S/C20H21FN4S/c21-9-16-2-1-5-25(16)17-6-14(7-17)20-24-18-4-3-13(8-19(18)26-20)15-10-22-12-23-11-15/h3-4,8,10-12,14,16-17H,1-2,5-7,9H2/t14?,16-,17?/m0/s1/i21-1. The summed E-state index contributed by atoms with van der Waals surface area (Å²) in [7, 11) is 0. The molecule has 134 valence electrons. The van der Waals surface area contributed by atoms with Crippen molar-refractivity contribution in [3.63, 3.8) is 0 Å². The molecule has 5 rings (SSSR count). The highest BCUT2D eigenvalue weighted by molar-refractivity contribution is 7.18. The van der Waals surface area contributed by atoms with E-state index in [-0.39, 0.29) is 12.7 Å². The lowest BCUT2D eigenvalue weighted by Crippen LogP contribution is -2.46. The van der Waals surface area contributed by atoms with E-state index in [1.807, 2.05) is 12.4 Å². The smallest absolute Gasteiger partial charge is 0.115 e. The van der Waals surface area contributed by atoms with Crippen molar-refractivity contribution >= 4 is 21.6 Å². The SMILES string of the molecule is [18F]C[C@@H]1CCCN1C1CC(c2nc3ccc(-c4cncnc4)cc3s2)C1.